The maximum Gasteiger partial charge on any atom is 0.416 e. The molecule has 0 saturated heterocycles. The molecule has 0 spiro atoms. The quantitative estimate of drug-likeness (QED) is 0.0152. The molecular weight excluding hydrogens is 1430 g/mol. The molecule has 10 aromatic rings. The molecule has 0 aliphatic rings. The smallest absolute Gasteiger partial charge is 0.416 e. The summed E-state index contributed by atoms with van der Waals surface area (Å²) in [5.74, 6) is -1.54. The van der Waals surface area contributed by atoms with E-state index in [0.717, 1.165) is 65.5 Å². The summed E-state index contributed by atoms with van der Waals surface area (Å²) in [4.78, 5) is 150. The Balaban J connectivity index is 0.000000267. The molecule has 0 N–H and O–H groups in total. The van der Waals surface area contributed by atoms with Gasteiger partial charge in [0.25, 0.3) is 0 Å². The first-order valence-corrected chi connectivity index (χ1v) is 35.3. The van der Waals surface area contributed by atoms with E-state index < -0.39 is 62.1 Å². The molecule has 0 saturated carbocycles. The highest BCUT2D eigenvalue weighted by Gasteiger charge is 2.30. The molecule has 0 bridgehead atoms. The molecule has 550 valence electrons. The number of para-hydroxylation sites is 1. The molecule has 10 aromatic carbocycles. The number of rotatable bonds is 27. The van der Waals surface area contributed by atoms with E-state index in [2.05, 4.69) is 31.2 Å². The van der Waals surface area contributed by atoms with Crippen molar-refractivity contribution in [3.8, 4) is 17.6 Å². The highest BCUT2D eigenvalue weighted by atomic mass is 32.2. The van der Waals surface area contributed by atoms with Crippen LogP contribution in [0.3, 0.4) is 0 Å². The van der Waals surface area contributed by atoms with Gasteiger partial charge < -0.3 is 4.74 Å². The van der Waals surface area contributed by atoms with E-state index in [0.29, 0.717) is 64.3 Å². The molecule has 0 atom stereocenters. The van der Waals surface area contributed by atoms with Crippen LogP contribution in [-0.4, -0.2) is 104 Å². The van der Waals surface area contributed by atoms with Crippen LogP contribution in [0.1, 0.15) is 133 Å². The third-order valence-electron chi connectivity index (χ3n) is 14.7. The number of nitrogens with zero attached hydrogens (tertiary/aromatic N) is 1. The van der Waals surface area contributed by atoms with Gasteiger partial charge in [-0.05, 0) is 175 Å². The number of Topliss-reactive ketones (excluding diaryl/α,β-unsaturated/α-hetero) is 7. The van der Waals surface area contributed by atoms with Crippen LogP contribution in [0.2, 0.25) is 0 Å². The number of alkyl halides is 3. The predicted molar refractivity (Wildman–Crippen MR) is 401 cm³/mol. The van der Waals surface area contributed by atoms with Gasteiger partial charge in [-0.15, -0.1) is 11.8 Å². The number of halogens is 3. The van der Waals surface area contributed by atoms with Crippen LogP contribution < -0.4 is 4.74 Å². The van der Waals surface area contributed by atoms with Crippen molar-refractivity contribution in [2.75, 3.05) is 11.5 Å². The van der Waals surface area contributed by atoms with Gasteiger partial charge in [0.1, 0.15) is 11.5 Å². The zero-order valence-corrected chi connectivity index (χ0v) is 59.8. The third-order valence-corrected chi connectivity index (χ3v) is 17.6. The molecule has 108 heavy (non-hydrogen) atoms. The van der Waals surface area contributed by atoms with Crippen molar-refractivity contribution in [2.24, 2.45) is 0 Å². The highest BCUT2D eigenvalue weighted by molar-refractivity contribution is 7.99. The number of hydrogen-bond donors (Lipinski definition) is 0. The first-order chi connectivity index (χ1) is 51.9. The van der Waals surface area contributed by atoms with Gasteiger partial charge in [0.2, 0.25) is 40.5 Å². The second-order valence-corrected chi connectivity index (χ2v) is 25.7. The number of ketones is 7. The van der Waals surface area contributed by atoms with Gasteiger partial charge in [-0.3, -0.25) is 67.1 Å². The zero-order chi connectivity index (χ0) is 79.3. The monoisotopic (exact) mass is 1500 g/mol. The largest absolute Gasteiger partial charge is 0.457 e. The Labute approximate surface area is 625 Å². The van der Waals surface area contributed by atoms with Gasteiger partial charge in [0.05, 0.1) is 27.8 Å². The Morgan fingerprint density at radius 3 is 1.04 bits per heavy atom. The number of thioether (sulfide) groups is 1. The molecular formula is C85H70F3NO17S2. The normalized spacial score (nSPS) is 10.0. The number of nitriles is 1. The fourth-order valence-electron chi connectivity index (χ4n) is 8.75. The number of unbranched alkanes of at least 4 members (excludes halogenated alkanes) is 1. The molecule has 0 fully saturated rings. The average molecular weight is 1500 g/mol. The summed E-state index contributed by atoms with van der Waals surface area (Å²) in [6.45, 7) is 3.70. The van der Waals surface area contributed by atoms with Crippen molar-refractivity contribution in [1.82, 2.24) is 0 Å². The number of aryl methyl sites for hydroxylation is 2. The Hall–Kier alpha value is -13.0. The van der Waals surface area contributed by atoms with Crippen LogP contribution in [0.15, 0.2) is 271 Å². The predicted octanol–water partition coefficient (Wildman–Crippen LogP) is 15.2. The molecule has 0 aromatic heterocycles. The van der Waals surface area contributed by atoms with Crippen LogP contribution in [0, 0.1) is 11.3 Å². The van der Waals surface area contributed by atoms with Crippen molar-refractivity contribution in [2.45, 2.75) is 61.9 Å². The topological polar surface area (TPSA) is 306 Å². The van der Waals surface area contributed by atoms with Gasteiger partial charge in [-0.25, -0.2) is 8.42 Å². The molecule has 10 rings (SSSR count). The number of carbonyl (C=O) groups is 14. The van der Waals surface area contributed by atoms with Gasteiger partial charge in [-0.2, -0.15) is 18.4 Å². The van der Waals surface area contributed by atoms with Crippen LogP contribution in [0.5, 0.6) is 11.5 Å². The van der Waals surface area contributed by atoms with E-state index in [1.54, 1.807) is 79.3 Å². The standard InChI is InChI=1S/C16H14O2.C15H12O2.C14H10O3.C12H14O2S.C10H10O4S.C9H5F3O2.C9H5NO2/c17-12-16(18)15-10-8-14(9-11-15)7-6-13-4-2-1-3-5-13;16-11-15(17)14-8-6-13(7-9-14)10-12-4-2-1-3-5-12;15-10-14(16)11-6-8-13(9-7-11)17-12-4-2-1-3-5-12;1-2-3-8-15-11-6-4-10(5-7-11)12(14)9-13;1-2-15(13,14)9-5-3-8(4-6-9)10(12)7-11;10-9(11,12)7-3-1-6(2-4-7)8(14)5-13;10-5-7-1-3-8(4-2-7)9(12)6-11/h1-5,8-12H,6-7H2;1-9,11H,10H2;1-10H;4-7,9H,2-3,8H2,1H3;3-7H,2H2,1H3;1-5H;1-4,6H. The van der Waals surface area contributed by atoms with E-state index in [1.165, 1.54) is 78.1 Å². The summed E-state index contributed by atoms with van der Waals surface area (Å²) in [6, 6.07) is 74.3. The summed E-state index contributed by atoms with van der Waals surface area (Å²) in [5, 5.41) is 8.42. The number of sulfone groups is 1. The number of benzene rings is 10. The van der Waals surface area contributed by atoms with Gasteiger partial charge >= 0.3 is 6.18 Å². The maximum absolute atomic E-state index is 12.0. The Morgan fingerprint density at radius 1 is 0.389 bits per heavy atom. The van der Waals surface area contributed by atoms with Gasteiger partial charge in [0.15, 0.2) is 53.8 Å². The minimum absolute atomic E-state index is 0.00791. The summed E-state index contributed by atoms with van der Waals surface area (Å²) < 4.78 is 64.5. The fraction of sp³-hybridized carbons (Fsp3) is 0.118. The number of carbonyl (C=O) groups excluding carboxylic acids is 14. The number of aldehydes is 7. The van der Waals surface area contributed by atoms with E-state index in [1.807, 2.05) is 109 Å². The molecule has 0 heterocycles. The SMILES string of the molecule is CCCCSc1ccc(C(=O)C=O)cc1.CCS(=O)(=O)c1ccc(C(=O)C=O)cc1.N#Cc1ccc(C(=O)C=O)cc1.O=CC(=O)c1ccc(C(F)(F)F)cc1.O=CC(=O)c1ccc(CCc2ccccc2)cc1.O=CC(=O)c1ccc(Cc2ccccc2)cc1.O=CC(=O)c1ccc(Oc2ccccc2)cc1. The first-order valence-electron chi connectivity index (χ1n) is 32.7. The number of ether oxygens (including phenoxy) is 1. The van der Waals surface area contributed by atoms with Crippen molar-refractivity contribution in [1.29, 1.82) is 5.26 Å². The van der Waals surface area contributed by atoms with Crippen LogP contribution in [0.4, 0.5) is 13.2 Å². The second-order valence-electron chi connectivity index (χ2n) is 22.3. The molecule has 0 unspecified atom stereocenters. The van der Waals surface area contributed by atoms with E-state index in [4.69, 9.17) is 10.00 Å². The lowest BCUT2D eigenvalue weighted by atomic mass is 10.0. The van der Waals surface area contributed by atoms with Crippen molar-refractivity contribution in [3.05, 3.63) is 333 Å². The average Bonchev–Trinajstić information content (AvgIpc) is 0.837. The van der Waals surface area contributed by atoms with E-state index in [9.17, 15) is 88.7 Å². The molecule has 0 aliphatic carbocycles. The number of hydrogen-bond acceptors (Lipinski definition) is 19. The Kier molecular flexibility index (Phi) is 38.3. The second kappa shape index (κ2) is 47.3. The zero-order valence-electron chi connectivity index (χ0n) is 58.2. The van der Waals surface area contributed by atoms with Gasteiger partial charge in [-0.1, -0.05) is 160 Å². The van der Waals surface area contributed by atoms with E-state index >= 15 is 0 Å². The van der Waals surface area contributed by atoms with E-state index in [-0.39, 0.29) is 40.6 Å². The lowest BCUT2D eigenvalue weighted by molar-refractivity contribution is -0.137. The summed E-state index contributed by atoms with van der Waals surface area (Å²) in [7, 11) is -3.25. The van der Waals surface area contributed by atoms with Crippen LogP contribution in [0.25, 0.3) is 0 Å². The van der Waals surface area contributed by atoms with Gasteiger partial charge in [0, 0.05) is 43.8 Å². The lowest BCUT2D eigenvalue weighted by Gasteiger charge is -2.05. The molecule has 18 nitrogen and oxygen atoms in total. The Bertz CT molecular complexity index is 4680. The minimum Gasteiger partial charge on any atom is -0.457 e. The lowest BCUT2D eigenvalue weighted by Crippen LogP contribution is -2.06. The molecule has 0 amide bonds. The van der Waals surface area contributed by atoms with Crippen LogP contribution >= 0.6 is 11.8 Å². The minimum atomic E-state index is -4.43. The summed E-state index contributed by atoms with van der Waals surface area (Å²) in [5.41, 5.74) is 6.61. The molecule has 0 radical (unpaired) electrons. The van der Waals surface area contributed by atoms with Crippen molar-refractivity contribution in [3.63, 3.8) is 0 Å². The Morgan fingerprint density at radius 2 is 0.685 bits per heavy atom. The maximum atomic E-state index is 12.0. The fourth-order valence-corrected chi connectivity index (χ4v) is 10.6. The summed E-state index contributed by atoms with van der Waals surface area (Å²) in [6.07, 6.45) is 2.53. The highest BCUT2D eigenvalue weighted by Crippen LogP contribution is 2.29. The third kappa shape index (κ3) is 31.5. The van der Waals surface area contributed by atoms with Crippen LogP contribution in [-0.2, 0) is 68.8 Å². The van der Waals surface area contributed by atoms with Crippen molar-refractivity contribution >= 4 is 106 Å². The first kappa shape index (κ1) is 87.4. The molecule has 23 heteroatoms. The summed E-state index contributed by atoms with van der Waals surface area (Å²) >= 11 is 1.77. The van der Waals surface area contributed by atoms with Crippen molar-refractivity contribution < 1.29 is 93.4 Å². The molecule has 0 aliphatic heterocycles.